The van der Waals surface area contributed by atoms with E-state index in [2.05, 4.69) is 32.1 Å². The van der Waals surface area contributed by atoms with Gasteiger partial charge in [0.25, 0.3) is 0 Å². The number of hydrogen-bond acceptors (Lipinski definition) is 6. The van der Waals surface area contributed by atoms with Crippen molar-refractivity contribution < 1.29 is 0 Å². The van der Waals surface area contributed by atoms with Crippen LogP contribution in [0, 0.1) is 0 Å². The van der Waals surface area contributed by atoms with Crippen molar-refractivity contribution in [3.63, 3.8) is 0 Å². The Kier molecular flexibility index (Phi) is 2.91. The van der Waals surface area contributed by atoms with Crippen molar-refractivity contribution >= 4 is 33.0 Å². The number of aromatic nitrogens is 7. The minimum atomic E-state index is 0.691. The standard InChI is InChI=1S/C19H11N7S/c1-4-21-19-24-15(11-26(19)6-1)16-8-12-2-3-13(23-18(12)27-16)14-10-25-7-5-20-17(25)9-22-14/h1-11H. The summed E-state index contributed by atoms with van der Waals surface area (Å²) in [6, 6.07) is 8.08. The highest BCUT2D eigenvalue weighted by molar-refractivity contribution is 7.21. The van der Waals surface area contributed by atoms with Crippen molar-refractivity contribution in [1.82, 2.24) is 33.7 Å². The molecule has 6 aromatic heterocycles. The zero-order valence-electron chi connectivity index (χ0n) is 13.9. The van der Waals surface area contributed by atoms with Gasteiger partial charge < -0.3 is 4.40 Å². The lowest BCUT2D eigenvalue weighted by Gasteiger charge is -2.01. The number of rotatable bonds is 2. The summed E-state index contributed by atoms with van der Waals surface area (Å²) in [7, 11) is 0. The van der Waals surface area contributed by atoms with Crippen molar-refractivity contribution in [2.24, 2.45) is 0 Å². The van der Waals surface area contributed by atoms with Crippen LogP contribution in [0.1, 0.15) is 0 Å². The fourth-order valence-corrected chi connectivity index (χ4v) is 4.08. The lowest BCUT2D eigenvalue weighted by Crippen LogP contribution is -1.91. The topological polar surface area (TPSA) is 73.3 Å². The van der Waals surface area contributed by atoms with E-state index in [9.17, 15) is 0 Å². The molecule has 6 aromatic rings. The Morgan fingerprint density at radius 1 is 0.815 bits per heavy atom. The van der Waals surface area contributed by atoms with Crippen LogP contribution in [0.5, 0.6) is 0 Å². The Labute approximate surface area is 156 Å². The highest BCUT2D eigenvalue weighted by Crippen LogP contribution is 2.33. The van der Waals surface area contributed by atoms with Gasteiger partial charge >= 0.3 is 0 Å². The molecule has 6 rings (SSSR count). The van der Waals surface area contributed by atoms with Crippen LogP contribution in [0.4, 0.5) is 0 Å². The summed E-state index contributed by atoms with van der Waals surface area (Å²) in [5.41, 5.74) is 3.37. The van der Waals surface area contributed by atoms with E-state index in [0.29, 0.717) is 5.78 Å². The van der Waals surface area contributed by atoms with Gasteiger partial charge in [-0.05, 0) is 24.3 Å². The van der Waals surface area contributed by atoms with Crippen molar-refractivity contribution in [1.29, 1.82) is 0 Å². The highest BCUT2D eigenvalue weighted by atomic mass is 32.1. The second-order valence-corrected chi connectivity index (χ2v) is 7.15. The Hall–Kier alpha value is -3.65. The van der Waals surface area contributed by atoms with Crippen LogP contribution >= 0.6 is 11.3 Å². The highest BCUT2D eigenvalue weighted by Gasteiger charge is 2.11. The molecule has 0 aliphatic heterocycles. The molecule has 0 radical (unpaired) electrons. The van der Waals surface area contributed by atoms with Gasteiger partial charge in [0.05, 0.1) is 16.8 Å². The first kappa shape index (κ1) is 14.5. The lowest BCUT2D eigenvalue weighted by atomic mass is 10.2. The Balaban J connectivity index is 1.46. The molecule has 0 spiro atoms. The van der Waals surface area contributed by atoms with Gasteiger partial charge in [-0.25, -0.2) is 24.9 Å². The molecular weight excluding hydrogens is 358 g/mol. The van der Waals surface area contributed by atoms with E-state index in [4.69, 9.17) is 4.98 Å². The van der Waals surface area contributed by atoms with E-state index in [1.807, 2.05) is 45.7 Å². The van der Waals surface area contributed by atoms with Gasteiger partial charge in [-0.1, -0.05) is 0 Å². The van der Waals surface area contributed by atoms with Gasteiger partial charge in [0.1, 0.15) is 16.2 Å². The molecule has 0 atom stereocenters. The molecule has 0 saturated carbocycles. The SMILES string of the molecule is c1cnc2nc(-c3cc4ccc(-c5cn6ccnc6cn5)nc4s3)cn2c1. The fraction of sp³-hybridized carbons (Fsp3) is 0. The van der Waals surface area contributed by atoms with E-state index < -0.39 is 0 Å². The first-order chi connectivity index (χ1) is 13.3. The number of hydrogen-bond donors (Lipinski definition) is 0. The van der Waals surface area contributed by atoms with Crippen molar-refractivity contribution in [2.45, 2.75) is 0 Å². The van der Waals surface area contributed by atoms with Crippen LogP contribution in [0.2, 0.25) is 0 Å². The Morgan fingerprint density at radius 3 is 2.74 bits per heavy atom. The molecule has 7 nitrogen and oxygen atoms in total. The summed E-state index contributed by atoms with van der Waals surface area (Å²) in [5.74, 6) is 0.691. The Bertz CT molecular complexity index is 1410. The molecule has 6 heterocycles. The van der Waals surface area contributed by atoms with Crippen molar-refractivity contribution in [2.75, 3.05) is 0 Å². The van der Waals surface area contributed by atoms with Gasteiger partial charge in [0.15, 0.2) is 5.65 Å². The first-order valence-corrected chi connectivity index (χ1v) is 9.15. The minimum absolute atomic E-state index is 0.691. The zero-order valence-corrected chi connectivity index (χ0v) is 14.7. The lowest BCUT2D eigenvalue weighted by molar-refractivity contribution is 1.11. The monoisotopic (exact) mass is 369 g/mol. The molecular formula is C19H11N7S. The second-order valence-electron chi connectivity index (χ2n) is 6.12. The van der Waals surface area contributed by atoms with Crippen LogP contribution < -0.4 is 0 Å². The van der Waals surface area contributed by atoms with E-state index in [0.717, 1.165) is 37.8 Å². The summed E-state index contributed by atoms with van der Waals surface area (Å²) in [6.07, 6.45) is 13.0. The molecule has 0 N–H and O–H groups in total. The van der Waals surface area contributed by atoms with Crippen LogP contribution in [-0.4, -0.2) is 33.7 Å². The van der Waals surface area contributed by atoms with Gasteiger partial charge in [-0.3, -0.25) is 4.40 Å². The molecule has 0 aliphatic rings. The third-order valence-electron chi connectivity index (χ3n) is 4.41. The number of pyridine rings is 1. The first-order valence-electron chi connectivity index (χ1n) is 8.33. The fourth-order valence-electron chi connectivity index (χ4n) is 3.09. The predicted molar refractivity (Wildman–Crippen MR) is 104 cm³/mol. The molecule has 0 saturated heterocycles. The summed E-state index contributed by atoms with van der Waals surface area (Å²) in [4.78, 5) is 24.4. The predicted octanol–water partition coefficient (Wildman–Crippen LogP) is 3.72. The molecule has 0 amide bonds. The van der Waals surface area contributed by atoms with Gasteiger partial charge in [0.2, 0.25) is 5.78 Å². The average molecular weight is 369 g/mol. The van der Waals surface area contributed by atoms with E-state index in [1.165, 1.54) is 0 Å². The smallest absolute Gasteiger partial charge is 0.234 e. The van der Waals surface area contributed by atoms with Gasteiger partial charge in [-0.15, -0.1) is 11.3 Å². The molecule has 0 unspecified atom stereocenters. The van der Waals surface area contributed by atoms with E-state index in [-0.39, 0.29) is 0 Å². The molecule has 0 aromatic carbocycles. The number of thiophene rings is 1. The number of nitrogens with zero attached hydrogens (tertiary/aromatic N) is 7. The van der Waals surface area contributed by atoms with Crippen LogP contribution in [0.15, 0.2) is 67.6 Å². The van der Waals surface area contributed by atoms with Gasteiger partial charge in [0, 0.05) is 42.6 Å². The summed E-state index contributed by atoms with van der Waals surface area (Å²) in [6.45, 7) is 0. The normalized spacial score (nSPS) is 11.7. The summed E-state index contributed by atoms with van der Waals surface area (Å²) < 4.78 is 3.86. The molecule has 128 valence electrons. The van der Waals surface area contributed by atoms with Crippen LogP contribution in [-0.2, 0) is 0 Å². The maximum absolute atomic E-state index is 4.81. The van der Waals surface area contributed by atoms with Crippen molar-refractivity contribution in [3.05, 3.63) is 67.6 Å². The maximum atomic E-state index is 4.81. The van der Waals surface area contributed by atoms with Crippen LogP contribution in [0.3, 0.4) is 0 Å². The molecule has 8 heteroatoms. The second kappa shape index (κ2) is 5.42. The summed E-state index contributed by atoms with van der Waals surface area (Å²) in [5, 5.41) is 1.09. The largest absolute Gasteiger partial charge is 0.304 e. The molecule has 0 bridgehead atoms. The van der Waals surface area contributed by atoms with E-state index >= 15 is 0 Å². The third kappa shape index (κ3) is 2.31. The zero-order chi connectivity index (χ0) is 17.8. The molecule has 0 fully saturated rings. The van der Waals surface area contributed by atoms with Crippen molar-refractivity contribution in [3.8, 4) is 22.0 Å². The Morgan fingerprint density at radius 2 is 1.78 bits per heavy atom. The number of fused-ring (bicyclic) bond motifs is 3. The molecule has 27 heavy (non-hydrogen) atoms. The molecule has 0 aliphatic carbocycles. The average Bonchev–Trinajstić information content (AvgIpc) is 3.42. The van der Waals surface area contributed by atoms with Gasteiger partial charge in [-0.2, -0.15) is 0 Å². The van der Waals surface area contributed by atoms with E-state index in [1.54, 1.807) is 29.9 Å². The number of imidazole rings is 2. The van der Waals surface area contributed by atoms with Crippen LogP contribution in [0.25, 0.3) is 43.6 Å². The minimum Gasteiger partial charge on any atom is -0.304 e. The third-order valence-corrected chi connectivity index (χ3v) is 5.48. The summed E-state index contributed by atoms with van der Waals surface area (Å²) >= 11 is 1.62. The maximum Gasteiger partial charge on any atom is 0.234 e. The quantitative estimate of drug-likeness (QED) is 0.465.